The second-order valence-corrected chi connectivity index (χ2v) is 5.63. The zero-order valence-corrected chi connectivity index (χ0v) is 11.2. The summed E-state index contributed by atoms with van der Waals surface area (Å²) in [5, 5.41) is 0. The topological polar surface area (TPSA) is 98.0 Å². The molecule has 0 spiro atoms. The lowest BCUT2D eigenvalue weighted by Crippen LogP contribution is -2.13. The average Bonchev–Trinajstić information content (AvgIpc) is 2.39. The molecule has 2 rings (SSSR count). The van der Waals surface area contributed by atoms with E-state index in [4.69, 9.17) is 5.73 Å². The van der Waals surface area contributed by atoms with E-state index in [-0.39, 0.29) is 4.90 Å². The molecule has 0 aliphatic heterocycles. The minimum absolute atomic E-state index is 0.117. The van der Waals surface area contributed by atoms with Crippen LogP contribution in [0.3, 0.4) is 0 Å². The lowest BCUT2D eigenvalue weighted by atomic mass is 10.1. The molecule has 2 aromatic rings. The van der Waals surface area contributed by atoms with Crippen molar-refractivity contribution in [1.29, 1.82) is 0 Å². The number of rotatable bonds is 4. The van der Waals surface area contributed by atoms with Crippen LogP contribution in [-0.4, -0.2) is 18.4 Å². The molecular formula is C12H14N4O2S. The van der Waals surface area contributed by atoms with Gasteiger partial charge in [0.25, 0.3) is 10.0 Å². The van der Waals surface area contributed by atoms with E-state index in [1.54, 1.807) is 6.07 Å². The third-order valence-electron chi connectivity index (χ3n) is 2.62. The monoisotopic (exact) mass is 278 g/mol. The first-order chi connectivity index (χ1) is 9.03. The van der Waals surface area contributed by atoms with E-state index < -0.39 is 10.0 Å². The first-order valence-electron chi connectivity index (χ1n) is 5.69. The van der Waals surface area contributed by atoms with Crippen LogP contribution in [0.15, 0.2) is 41.8 Å². The zero-order valence-electron chi connectivity index (χ0n) is 10.4. The van der Waals surface area contributed by atoms with Gasteiger partial charge in [-0.25, -0.2) is 18.4 Å². The van der Waals surface area contributed by atoms with E-state index in [0.29, 0.717) is 11.4 Å². The first-order valence-corrected chi connectivity index (χ1v) is 7.17. The van der Waals surface area contributed by atoms with Gasteiger partial charge in [0.1, 0.15) is 6.33 Å². The van der Waals surface area contributed by atoms with Crippen molar-refractivity contribution in [3.63, 3.8) is 0 Å². The molecule has 1 aromatic heterocycles. The number of aromatic nitrogens is 2. The van der Waals surface area contributed by atoms with E-state index in [1.807, 2.05) is 6.92 Å². The molecule has 0 saturated carbocycles. The van der Waals surface area contributed by atoms with Crippen LogP contribution in [0.1, 0.15) is 12.5 Å². The van der Waals surface area contributed by atoms with E-state index in [1.165, 1.54) is 30.9 Å². The summed E-state index contributed by atoms with van der Waals surface area (Å²) in [7, 11) is -3.67. The van der Waals surface area contributed by atoms with Crippen molar-refractivity contribution in [2.45, 2.75) is 18.2 Å². The quantitative estimate of drug-likeness (QED) is 0.824. The molecule has 0 fully saturated rings. The van der Waals surface area contributed by atoms with Gasteiger partial charge in [-0.3, -0.25) is 4.72 Å². The van der Waals surface area contributed by atoms with Crippen LogP contribution >= 0.6 is 0 Å². The van der Waals surface area contributed by atoms with Crippen LogP contribution in [0, 0.1) is 0 Å². The number of anilines is 2. The minimum atomic E-state index is -3.67. The second-order valence-electron chi connectivity index (χ2n) is 3.95. The molecule has 0 atom stereocenters. The SMILES string of the molecule is CCc1ccc(S(=O)(=O)Nc2cncnc2)cc1N. The standard InChI is InChI=1S/C12H14N4O2S/c1-2-9-3-4-11(5-12(9)13)19(17,18)16-10-6-14-8-15-7-10/h3-8,16H,2,13H2,1H3. The van der Waals surface area contributed by atoms with Crippen molar-refractivity contribution in [3.8, 4) is 0 Å². The Morgan fingerprint density at radius 3 is 2.53 bits per heavy atom. The van der Waals surface area contributed by atoms with E-state index in [2.05, 4.69) is 14.7 Å². The Labute approximate surface area is 111 Å². The molecule has 0 radical (unpaired) electrons. The van der Waals surface area contributed by atoms with Crippen LogP contribution in [0.25, 0.3) is 0 Å². The van der Waals surface area contributed by atoms with Crippen molar-refractivity contribution >= 4 is 21.4 Å². The maximum atomic E-state index is 12.1. The van der Waals surface area contributed by atoms with E-state index >= 15 is 0 Å². The van der Waals surface area contributed by atoms with Crippen LogP contribution in [0.5, 0.6) is 0 Å². The third-order valence-corrected chi connectivity index (χ3v) is 4.00. The third kappa shape index (κ3) is 3.00. The summed E-state index contributed by atoms with van der Waals surface area (Å²) in [6.45, 7) is 1.96. The van der Waals surface area contributed by atoms with Gasteiger partial charge in [-0.2, -0.15) is 0 Å². The molecule has 1 aromatic carbocycles. The molecule has 0 saturated heterocycles. The number of nitrogens with two attached hydrogens (primary N) is 1. The Balaban J connectivity index is 2.32. The van der Waals surface area contributed by atoms with Crippen molar-refractivity contribution in [2.24, 2.45) is 0 Å². The molecule has 0 unspecified atom stereocenters. The van der Waals surface area contributed by atoms with Gasteiger partial charge in [-0.05, 0) is 24.1 Å². The Hall–Kier alpha value is -2.15. The van der Waals surface area contributed by atoms with Crippen molar-refractivity contribution in [3.05, 3.63) is 42.5 Å². The summed E-state index contributed by atoms with van der Waals surface area (Å²) in [4.78, 5) is 7.61. The zero-order chi connectivity index (χ0) is 13.9. The predicted octanol–water partition coefficient (Wildman–Crippen LogP) is 1.42. The Kier molecular flexibility index (Phi) is 3.66. The first kappa shape index (κ1) is 13.3. The molecule has 100 valence electrons. The van der Waals surface area contributed by atoms with E-state index in [9.17, 15) is 8.42 Å². The number of nitrogen functional groups attached to an aromatic ring is 1. The van der Waals surface area contributed by atoms with Gasteiger partial charge in [-0.15, -0.1) is 0 Å². The molecule has 0 amide bonds. The Morgan fingerprint density at radius 1 is 1.26 bits per heavy atom. The summed E-state index contributed by atoms with van der Waals surface area (Å²) < 4.78 is 26.7. The molecular weight excluding hydrogens is 264 g/mol. The molecule has 3 N–H and O–H groups in total. The summed E-state index contributed by atoms with van der Waals surface area (Å²) in [6, 6.07) is 4.69. The fraction of sp³-hybridized carbons (Fsp3) is 0.167. The molecule has 0 aliphatic rings. The Bertz CT molecular complexity index is 671. The highest BCUT2D eigenvalue weighted by molar-refractivity contribution is 7.92. The number of aryl methyl sites for hydroxylation is 1. The number of nitrogens with zero attached hydrogens (tertiary/aromatic N) is 2. The van der Waals surface area contributed by atoms with Gasteiger partial charge in [-0.1, -0.05) is 13.0 Å². The maximum absolute atomic E-state index is 12.1. The Morgan fingerprint density at radius 2 is 1.95 bits per heavy atom. The summed E-state index contributed by atoms with van der Waals surface area (Å²) in [5.41, 5.74) is 7.50. The molecule has 1 heterocycles. The van der Waals surface area contributed by atoms with Crippen LogP contribution in [0.2, 0.25) is 0 Å². The van der Waals surface area contributed by atoms with Gasteiger partial charge >= 0.3 is 0 Å². The molecule has 0 bridgehead atoms. The van der Waals surface area contributed by atoms with Crippen molar-refractivity contribution < 1.29 is 8.42 Å². The number of sulfonamides is 1. The second kappa shape index (κ2) is 5.23. The van der Waals surface area contributed by atoms with Gasteiger partial charge in [0, 0.05) is 5.69 Å². The molecule has 19 heavy (non-hydrogen) atoms. The van der Waals surface area contributed by atoms with Gasteiger partial charge in [0.2, 0.25) is 0 Å². The van der Waals surface area contributed by atoms with Crippen molar-refractivity contribution in [1.82, 2.24) is 9.97 Å². The number of benzene rings is 1. The normalized spacial score (nSPS) is 11.2. The lowest BCUT2D eigenvalue weighted by Gasteiger charge is -2.09. The van der Waals surface area contributed by atoms with E-state index in [0.717, 1.165) is 12.0 Å². The molecule has 0 aliphatic carbocycles. The largest absolute Gasteiger partial charge is 0.398 e. The predicted molar refractivity (Wildman–Crippen MR) is 73.1 cm³/mol. The lowest BCUT2D eigenvalue weighted by molar-refractivity contribution is 0.601. The number of nitrogens with one attached hydrogen (secondary N) is 1. The van der Waals surface area contributed by atoms with Gasteiger partial charge in [0.05, 0.1) is 23.0 Å². The van der Waals surface area contributed by atoms with Gasteiger partial charge in [0.15, 0.2) is 0 Å². The van der Waals surface area contributed by atoms with Gasteiger partial charge < -0.3 is 5.73 Å². The highest BCUT2D eigenvalue weighted by atomic mass is 32.2. The highest BCUT2D eigenvalue weighted by Crippen LogP contribution is 2.20. The number of hydrogen-bond donors (Lipinski definition) is 2. The molecule has 7 heteroatoms. The van der Waals surface area contributed by atoms with Crippen LogP contribution < -0.4 is 10.5 Å². The minimum Gasteiger partial charge on any atom is -0.398 e. The summed E-state index contributed by atoms with van der Waals surface area (Å²) in [5.74, 6) is 0. The van der Waals surface area contributed by atoms with Crippen molar-refractivity contribution in [2.75, 3.05) is 10.5 Å². The number of hydrogen-bond acceptors (Lipinski definition) is 5. The maximum Gasteiger partial charge on any atom is 0.262 e. The summed E-state index contributed by atoms with van der Waals surface area (Å²) in [6.07, 6.45) is 4.85. The van der Waals surface area contributed by atoms with Crippen LogP contribution in [-0.2, 0) is 16.4 Å². The van der Waals surface area contributed by atoms with Crippen LogP contribution in [0.4, 0.5) is 11.4 Å². The smallest absolute Gasteiger partial charge is 0.262 e. The average molecular weight is 278 g/mol. The fourth-order valence-corrected chi connectivity index (χ4v) is 2.69. The highest BCUT2D eigenvalue weighted by Gasteiger charge is 2.15. The molecule has 6 nitrogen and oxygen atoms in total. The summed E-state index contributed by atoms with van der Waals surface area (Å²) >= 11 is 0. The fourth-order valence-electron chi connectivity index (χ4n) is 1.63.